The summed E-state index contributed by atoms with van der Waals surface area (Å²) in [5, 5.41) is 13.4. The maximum absolute atomic E-state index is 13.1. The molecule has 0 bridgehead atoms. The van der Waals surface area contributed by atoms with E-state index in [0.717, 1.165) is 16.8 Å². The van der Waals surface area contributed by atoms with Gasteiger partial charge in [0.1, 0.15) is 6.04 Å². The average molecular weight is 475 g/mol. The number of halogens is 2. The van der Waals surface area contributed by atoms with Gasteiger partial charge in [-0.3, -0.25) is 14.7 Å². The van der Waals surface area contributed by atoms with Crippen LogP contribution in [0.1, 0.15) is 33.1 Å². The normalized spacial score (nSPS) is 17.3. The van der Waals surface area contributed by atoms with E-state index in [9.17, 15) is 9.59 Å². The molecule has 0 radical (unpaired) electrons. The van der Waals surface area contributed by atoms with Crippen molar-refractivity contribution in [2.45, 2.75) is 18.9 Å². The number of amides is 2. The third-order valence-corrected chi connectivity index (χ3v) is 6.14. The second-order valence-corrected chi connectivity index (χ2v) is 8.09. The molecule has 166 valence electrons. The molecule has 32 heavy (non-hydrogen) atoms. The van der Waals surface area contributed by atoms with E-state index in [2.05, 4.69) is 20.8 Å². The van der Waals surface area contributed by atoms with Crippen LogP contribution in [0.2, 0.25) is 10.0 Å². The van der Waals surface area contributed by atoms with Crippen molar-refractivity contribution in [3.63, 3.8) is 0 Å². The van der Waals surface area contributed by atoms with Gasteiger partial charge in [-0.05, 0) is 42.8 Å². The molecule has 2 aromatic carbocycles. The molecule has 4 rings (SSSR count). The highest BCUT2D eigenvalue weighted by Gasteiger charge is 2.40. The number of carbonyl (C=O) groups excluding carboxylic acids is 2. The monoisotopic (exact) mass is 474 g/mol. The average Bonchev–Trinajstić information content (AvgIpc) is 3.15. The van der Waals surface area contributed by atoms with Crippen LogP contribution in [0.15, 0.2) is 36.4 Å². The molecule has 2 amide bonds. The lowest BCUT2D eigenvalue weighted by molar-refractivity contribution is -0.118. The molecule has 1 aliphatic heterocycles. The third kappa shape index (κ3) is 3.87. The minimum atomic E-state index is -0.920. The number of anilines is 1. The number of rotatable bonds is 5. The molecule has 8 nitrogen and oxygen atoms in total. The molecular weight excluding hydrogens is 455 g/mol. The summed E-state index contributed by atoms with van der Waals surface area (Å²) in [5.41, 5.74) is 2.57. The van der Waals surface area contributed by atoms with Crippen LogP contribution in [0.5, 0.6) is 11.5 Å². The van der Waals surface area contributed by atoms with Crippen molar-refractivity contribution in [1.82, 2.24) is 15.5 Å². The number of carbonyl (C=O) groups is 2. The molecular formula is C22H20Cl2N4O4. The summed E-state index contributed by atoms with van der Waals surface area (Å²) < 4.78 is 10.5. The van der Waals surface area contributed by atoms with Gasteiger partial charge in [-0.15, -0.1) is 0 Å². The van der Waals surface area contributed by atoms with Gasteiger partial charge in [-0.2, -0.15) is 5.10 Å². The highest BCUT2D eigenvalue weighted by atomic mass is 35.5. The summed E-state index contributed by atoms with van der Waals surface area (Å²) in [7, 11) is 2.99. The summed E-state index contributed by atoms with van der Waals surface area (Å²) in [6, 6.07) is 8.99. The molecule has 3 N–H and O–H groups in total. The standard InChI is InChI=1S/C22H20Cl2N4O4/c1-10-17-18(11-4-6-13(23)14(24)8-11)19(22(30)26-20(17)28-27-10)25-21(29)12-5-7-15(31-2)16(9-12)32-3/h4-9,18-19H,1-3H3,(H,25,29)(H2,26,27,28,30)/t18-,19+/m1/s1. The van der Waals surface area contributed by atoms with E-state index >= 15 is 0 Å². The second-order valence-electron chi connectivity index (χ2n) is 7.27. The van der Waals surface area contributed by atoms with Crippen LogP contribution < -0.4 is 20.1 Å². The van der Waals surface area contributed by atoms with Crippen molar-refractivity contribution in [1.29, 1.82) is 0 Å². The lowest BCUT2D eigenvalue weighted by Gasteiger charge is -2.32. The predicted octanol–water partition coefficient (Wildman–Crippen LogP) is 3.92. The number of fused-ring (bicyclic) bond motifs is 1. The number of aryl methyl sites for hydroxylation is 1. The zero-order chi connectivity index (χ0) is 23.0. The van der Waals surface area contributed by atoms with Gasteiger partial charge < -0.3 is 20.1 Å². The number of aromatic nitrogens is 2. The Morgan fingerprint density at radius 2 is 1.81 bits per heavy atom. The first-order chi connectivity index (χ1) is 15.3. The van der Waals surface area contributed by atoms with Crippen molar-refractivity contribution in [3.8, 4) is 11.5 Å². The Bertz CT molecular complexity index is 1210. The van der Waals surface area contributed by atoms with Gasteiger partial charge >= 0.3 is 0 Å². The Balaban J connectivity index is 1.74. The van der Waals surface area contributed by atoms with Crippen molar-refractivity contribution < 1.29 is 19.1 Å². The summed E-state index contributed by atoms with van der Waals surface area (Å²) in [5.74, 6) is -0.0553. The molecule has 0 saturated carbocycles. The lowest BCUT2D eigenvalue weighted by Crippen LogP contribution is -2.50. The minimum absolute atomic E-state index is 0.318. The topological polar surface area (TPSA) is 105 Å². The maximum Gasteiger partial charge on any atom is 0.252 e. The number of aromatic amines is 1. The molecule has 0 unspecified atom stereocenters. The highest BCUT2D eigenvalue weighted by molar-refractivity contribution is 6.42. The second kappa shape index (κ2) is 8.72. The Hall–Kier alpha value is -3.23. The number of nitrogens with zero attached hydrogens (tertiary/aromatic N) is 1. The van der Waals surface area contributed by atoms with Crippen LogP contribution in [0.4, 0.5) is 5.82 Å². The smallest absolute Gasteiger partial charge is 0.252 e. The van der Waals surface area contributed by atoms with E-state index in [1.54, 1.807) is 36.4 Å². The number of methoxy groups -OCH3 is 2. The molecule has 1 aromatic heterocycles. The fourth-order valence-corrected chi connectivity index (χ4v) is 4.15. The summed E-state index contributed by atoms with van der Waals surface area (Å²) >= 11 is 12.3. The highest BCUT2D eigenvalue weighted by Crippen LogP contribution is 2.40. The SMILES string of the molecule is COc1ccc(C(=O)N[C@@H]2C(=O)Nc3n[nH]c(C)c3[C@H]2c2ccc(Cl)c(Cl)c2)cc1OC. The van der Waals surface area contributed by atoms with Crippen molar-refractivity contribution >= 4 is 40.8 Å². The number of hydrogen-bond donors (Lipinski definition) is 3. The number of benzene rings is 2. The molecule has 2 heterocycles. The van der Waals surface area contributed by atoms with Gasteiger partial charge in [0, 0.05) is 22.7 Å². The zero-order valence-corrected chi connectivity index (χ0v) is 19.0. The quantitative estimate of drug-likeness (QED) is 0.519. The van der Waals surface area contributed by atoms with Crippen LogP contribution >= 0.6 is 23.2 Å². The number of ether oxygens (including phenoxy) is 2. The fraction of sp³-hybridized carbons (Fsp3) is 0.227. The van der Waals surface area contributed by atoms with Crippen LogP contribution in [0.3, 0.4) is 0 Å². The minimum Gasteiger partial charge on any atom is -0.493 e. The van der Waals surface area contributed by atoms with Crippen LogP contribution in [-0.2, 0) is 4.79 Å². The number of nitrogens with one attached hydrogen (secondary N) is 3. The molecule has 1 aliphatic rings. The van der Waals surface area contributed by atoms with Crippen LogP contribution in [0, 0.1) is 6.92 Å². The first-order valence-electron chi connectivity index (χ1n) is 9.67. The predicted molar refractivity (Wildman–Crippen MR) is 121 cm³/mol. The third-order valence-electron chi connectivity index (χ3n) is 5.40. The fourth-order valence-electron chi connectivity index (χ4n) is 3.84. The summed E-state index contributed by atoms with van der Waals surface area (Å²) in [6.07, 6.45) is 0. The van der Waals surface area contributed by atoms with Gasteiger partial charge in [-0.1, -0.05) is 29.3 Å². The number of hydrogen-bond acceptors (Lipinski definition) is 5. The molecule has 3 aromatic rings. The molecule has 0 aliphatic carbocycles. The first kappa shape index (κ1) is 22.0. The molecule has 10 heteroatoms. The Kier molecular flexibility index (Phi) is 5.99. The molecule has 0 saturated heterocycles. The van der Waals surface area contributed by atoms with E-state index in [0.29, 0.717) is 32.9 Å². The van der Waals surface area contributed by atoms with Crippen LogP contribution in [0.25, 0.3) is 0 Å². The van der Waals surface area contributed by atoms with E-state index in [1.165, 1.54) is 14.2 Å². The number of H-pyrrole nitrogens is 1. The summed E-state index contributed by atoms with van der Waals surface area (Å²) in [6.45, 7) is 1.85. The lowest BCUT2D eigenvalue weighted by atomic mass is 9.82. The van der Waals surface area contributed by atoms with E-state index in [4.69, 9.17) is 32.7 Å². The maximum atomic E-state index is 13.1. The van der Waals surface area contributed by atoms with Crippen LogP contribution in [-0.4, -0.2) is 42.3 Å². The Morgan fingerprint density at radius 3 is 2.50 bits per heavy atom. The van der Waals surface area contributed by atoms with Gasteiger partial charge in [0.25, 0.3) is 5.91 Å². The zero-order valence-electron chi connectivity index (χ0n) is 17.5. The summed E-state index contributed by atoms with van der Waals surface area (Å²) in [4.78, 5) is 26.1. The van der Waals surface area contributed by atoms with Crippen molar-refractivity contribution in [2.75, 3.05) is 19.5 Å². The molecule has 0 spiro atoms. The van der Waals surface area contributed by atoms with Crippen molar-refractivity contribution in [2.24, 2.45) is 0 Å². The Morgan fingerprint density at radius 1 is 1.06 bits per heavy atom. The van der Waals surface area contributed by atoms with E-state index in [-0.39, 0.29) is 0 Å². The first-order valence-corrected chi connectivity index (χ1v) is 10.4. The van der Waals surface area contributed by atoms with Gasteiger partial charge in [0.15, 0.2) is 17.3 Å². The van der Waals surface area contributed by atoms with E-state index < -0.39 is 23.8 Å². The Labute approximate surface area is 194 Å². The van der Waals surface area contributed by atoms with Gasteiger partial charge in [0.2, 0.25) is 5.91 Å². The van der Waals surface area contributed by atoms with Gasteiger partial charge in [-0.25, -0.2) is 0 Å². The molecule has 0 fully saturated rings. The van der Waals surface area contributed by atoms with E-state index in [1.807, 2.05) is 6.92 Å². The largest absolute Gasteiger partial charge is 0.493 e. The van der Waals surface area contributed by atoms with Crippen molar-refractivity contribution in [3.05, 3.63) is 68.8 Å². The molecule has 2 atom stereocenters. The van der Waals surface area contributed by atoms with Gasteiger partial charge in [0.05, 0.1) is 24.3 Å².